The summed E-state index contributed by atoms with van der Waals surface area (Å²) in [6.07, 6.45) is 2.90. The van der Waals surface area contributed by atoms with Gasteiger partial charge in [0.25, 0.3) is 0 Å². The molecule has 0 N–H and O–H groups in total. The molecule has 0 amide bonds. The van der Waals surface area contributed by atoms with Gasteiger partial charge in [0.2, 0.25) is 0 Å². The van der Waals surface area contributed by atoms with Crippen molar-refractivity contribution in [1.82, 2.24) is 0 Å². The summed E-state index contributed by atoms with van der Waals surface area (Å²) < 4.78 is 26.8. The van der Waals surface area contributed by atoms with E-state index in [0.29, 0.717) is 34.6 Å². The zero-order valence-corrected chi connectivity index (χ0v) is 15.7. The molecule has 0 aliphatic heterocycles. The summed E-state index contributed by atoms with van der Waals surface area (Å²) in [4.78, 5) is 25.6. The average Bonchev–Trinajstić information content (AvgIpc) is 3.37. The molecule has 140 valence electrons. The predicted molar refractivity (Wildman–Crippen MR) is 99.6 cm³/mol. The Labute approximate surface area is 161 Å². The zero-order valence-electron chi connectivity index (χ0n) is 14.9. The molecule has 0 bridgehead atoms. The van der Waals surface area contributed by atoms with Crippen LogP contribution in [0.2, 0.25) is 5.02 Å². The van der Waals surface area contributed by atoms with Gasteiger partial charge in [-0.05, 0) is 65.1 Å². The van der Waals surface area contributed by atoms with Crippen molar-refractivity contribution < 1.29 is 18.4 Å². The third-order valence-corrected chi connectivity index (χ3v) is 6.47. The van der Waals surface area contributed by atoms with Gasteiger partial charge in [-0.3, -0.25) is 9.59 Å². The van der Waals surface area contributed by atoms with Gasteiger partial charge in [0, 0.05) is 17.9 Å². The Balaban J connectivity index is 1.68. The maximum absolute atomic E-state index is 13.6. The van der Waals surface area contributed by atoms with E-state index in [2.05, 4.69) is 6.92 Å². The summed E-state index contributed by atoms with van der Waals surface area (Å²) in [5.74, 6) is -2.84. The van der Waals surface area contributed by atoms with Crippen molar-refractivity contribution in [2.24, 2.45) is 11.3 Å². The summed E-state index contributed by atoms with van der Waals surface area (Å²) in [6, 6.07) is 8.52. The highest BCUT2D eigenvalue weighted by atomic mass is 35.5. The number of ketones is 2. The molecule has 4 rings (SSSR count). The minimum Gasteiger partial charge on any atom is -0.299 e. The summed E-state index contributed by atoms with van der Waals surface area (Å²) in [5.41, 5.74) is 1.62. The summed E-state index contributed by atoms with van der Waals surface area (Å²) >= 11 is 6.30. The SMILES string of the molecule is CC1(C2CC(=O)C(c3cc(-c4ccc(F)c(F)c4)ccc3Cl)C(=O)C2)CC1. The van der Waals surface area contributed by atoms with Gasteiger partial charge >= 0.3 is 0 Å². The van der Waals surface area contributed by atoms with Crippen LogP contribution in [0.5, 0.6) is 0 Å². The number of hydrogen-bond donors (Lipinski definition) is 0. The van der Waals surface area contributed by atoms with E-state index in [9.17, 15) is 18.4 Å². The minimum atomic E-state index is -0.950. The Kier molecular flexibility index (Phi) is 4.42. The quantitative estimate of drug-likeness (QED) is 0.630. The second-order valence-electron chi connectivity index (χ2n) is 7.99. The molecule has 0 atom stereocenters. The molecule has 2 nitrogen and oxygen atoms in total. The van der Waals surface area contributed by atoms with E-state index in [1.54, 1.807) is 18.2 Å². The van der Waals surface area contributed by atoms with Crippen molar-refractivity contribution in [3.05, 3.63) is 58.6 Å². The van der Waals surface area contributed by atoms with Crippen LogP contribution in [0.25, 0.3) is 11.1 Å². The normalized spacial score (nSPS) is 24.1. The predicted octanol–water partition coefficient (Wildman–Crippen LogP) is 5.72. The van der Waals surface area contributed by atoms with Crippen molar-refractivity contribution in [3.8, 4) is 11.1 Å². The molecule has 2 aliphatic carbocycles. The molecular formula is C22H19ClF2O2. The Morgan fingerprint density at radius 2 is 1.52 bits per heavy atom. The lowest BCUT2D eigenvalue weighted by molar-refractivity contribution is -0.134. The molecular weight excluding hydrogens is 370 g/mol. The standard InChI is InChI=1S/C22H19ClF2O2/c1-22(6-7-22)14-10-19(26)21(20(27)11-14)15-8-12(2-4-16(15)23)13-3-5-17(24)18(25)9-13/h2-5,8-9,14,21H,6-7,10-11H2,1H3. The summed E-state index contributed by atoms with van der Waals surface area (Å²) in [7, 11) is 0. The summed E-state index contributed by atoms with van der Waals surface area (Å²) in [6.45, 7) is 2.13. The van der Waals surface area contributed by atoms with Crippen LogP contribution in [0.1, 0.15) is 44.1 Å². The third-order valence-electron chi connectivity index (χ3n) is 6.12. The fourth-order valence-corrected chi connectivity index (χ4v) is 4.27. The largest absolute Gasteiger partial charge is 0.299 e. The first-order valence-corrected chi connectivity index (χ1v) is 9.46. The maximum Gasteiger partial charge on any atom is 0.159 e. The molecule has 5 heteroatoms. The van der Waals surface area contributed by atoms with Crippen molar-refractivity contribution in [2.45, 2.75) is 38.5 Å². The van der Waals surface area contributed by atoms with Gasteiger partial charge in [0.15, 0.2) is 11.6 Å². The molecule has 2 aliphatic rings. The van der Waals surface area contributed by atoms with E-state index >= 15 is 0 Å². The van der Waals surface area contributed by atoms with E-state index in [4.69, 9.17) is 11.6 Å². The van der Waals surface area contributed by atoms with Gasteiger partial charge in [0.05, 0.1) is 0 Å². The van der Waals surface area contributed by atoms with Gasteiger partial charge in [-0.1, -0.05) is 30.7 Å². The Hall–Kier alpha value is -2.07. The monoisotopic (exact) mass is 388 g/mol. The number of carbonyl (C=O) groups is 2. The smallest absolute Gasteiger partial charge is 0.159 e. The molecule has 0 saturated heterocycles. The molecule has 2 saturated carbocycles. The lowest BCUT2D eigenvalue weighted by atomic mass is 9.71. The van der Waals surface area contributed by atoms with E-state index in [1.807, 2.05) is 0 Å². The molecule has 2 fully saturated rings. The summed E-state index contributed by atoms with van der Waals surface area (Å²) in [5, 5.41) is 0.337. The van der Waals surface area contributed by atoms with Gasteiger partial charge in [0.1, 0.15) is 17.5 Å². The average molecular weight is 389 g/mol. The highest BCUT2D eigenvalue weighted by molar-refractivity contribution is 6.32. The Morgan fingerprint density at radius 3 is 2.11 bits per heavy atom. The molecule has 27 heavy (non-hydrogen) atoms. The lowest BCUT2D eigenvalue weighted by Gasteiger charge is -2.31. The zero-order chi connectivity index (χ0) is 19.3. The second-order valence-corrected chi connectivity index (χ2v) is 8.40. The van der Waals surface area contributed by atoms with Crippen LogP contribution in [0.4, 0.5) is 8.78 Å². The van der Waals surface area contributed by atoms with Crippen molar-refractivity contribution in [3.63, 3.8) is 0 Å². The second kappa shape index (κ2) is 6.52. The van der Waals surface area contributed by atoms with Crippen LogP contribution in [0.3, 0.4) is 0 Å². The number of halogens is 3. The van der Waals surface area contributed by atoms with E-state index < -0.39 is 17.6 Å². The Bertz CT molecular complexity index is 931. The van der Waals surface area contributed by atoms with Crippen LogP contribution in [0.15, 0.2) is 36.4 Å². The van der Waals surface area contributed by atoms with Crippen molar-refractivity contribution in [2.75, 3.05) is 0 Å². The van der Waals surface area contributed by atoms with Crippen molar-refractivity contribution in [1.29, 1.82) is 0 Å². The van der Waals surface area contributed by atoms with E-state index in [-0.39, 0.29) is 22.9 Å². The van der Waals surface area contributed by atoms with Crippen LogP contribution >= 0.6 is 11.6 Å². The minimum absolute atomic E-state index is 0.103. The number of carbonyl (C=O) groups excluding carboxylic acids is 2. The first-order valence-electron chi connectivity index (χ1n) is 9.09. The fraction of sp³-hybridized carbons (Fsp3) is 0.364. The van der Waals surface area contributed by atoms with Crippen LogP contribution in [-0.2, 0) is 9.59 Å². The topological polar surface area (TPSA) is 34.1 Å². The van der Waals surface area contributed by atoms with Gasteiger partial charge in [-0.25, -0.2) is 8.78 Å². The number of hydrogen-bond acceptors (Lipinski definition) is 2. The van der Waals surface area contributed by atoms with E-state index in [1.165, 1.54) is 6.07 Å². The first kappa shape index (κ1) is 18.3. The first-order chi connectivity index (χ1) is 12.8. The Morgan fingerprint density at radius 1 is 0.926 bits per heavy atom. The van der Waals surface area contributed by atoms with Gasteiger partial charge in [-0.15, -0.1) is 0 Å². The third kappa shape index (κ3) is 3.31. The molecule has 2 aromatic rings. The number of Topliss-reactive ketones (excluding diaryl/α,β-unsaturated/α-hetero) is 2. The lowest BCUT2D eigenvalue weighted by Crippen LogP contribution is -2.35. The number of benzene rings is 2. The number of rotatable bonds is 3. The van der Waals surface area contributed by atoms with Crippen LogP contribution in [0, 0.1) is 23.0 Å². The van der Waals surface area contributed by atoms with Gasteiger partial charge < -0.3 is 0 Å². The molecule has 0 aromatic heterocycles. The van der Waals surface area contributed by atoms with Gasteiger partial charge in [-0.2, -0.15) is 0 Å². The van der Waals surface area contributed by atoms with E-state index in [0.717, 1.165) is 25.0 Å². The van der Waals surface area contributed by atoms with Crippen LogP contribution < -0.4 is 0 Å². The van der Waals surface area contributed by atoms with Crippen molar-refractivity contribution >= 4 is 23.2 Å². The fourth-order valence-electron chi connectivity index (χ4n) is 4.04. The van der Waals surface area contributed by atoms with Crippen LogP contribution in [-0.4, -0.2) is 11.6 Å². The highest BCUT2D eigenvalue weighted by Gasteiger charge is 2.50. The maximum atomic E-state index is 13.6. The molecule has 0 unspecified atom stereocenters. The molecule has 0 radical (unpaired) electrons. The highest BCUT2D eigenvalue weighted by Crippen LogP contribution is 2.56. The molecule has 2 aromatic carbocycles. The molecule has 0 heterocycles. The molecule has 0 spiro atoms.